The van der Waals surface area contributed by atoms with Crippen LogP contribution in [0.1, 0.15) is 11.4 Å². The lowest BCUT2D eigenvalue weighted by atomic mass is 10.2. The average Bonchev–Trinajstić information content (AvgIpc) is 2.58. The Morgan fingerprint density at radius 2 is 2.04 bits per heavy atom. The Balaban J connectivity index is 2.05. The van der Waals surface area contributed by atoms with Crippen LogP contribution in [0, 0.1) is 0 Å². The molecule has 0 atom stereocenters. The summed E-state index contributed by atoms with van der Waals surface area (Å²) in [5, 5.41) is 0. The molecule has 0 bridgehead atoms. The highest BCUT2D eigenvalue weighted by Crippen LogP contribution is 2.11. The zero-order valence-electron chi connectivity index (χ0n) is 13.4. The van der Waals surface area contributed by atoms with Crippen LogP contribution < -0.4 is 15.2 Å². The maximum absolute atomic E-state index is 11.6. The van der Waals surface area contributed by atoms with Gasteiger partial charge in [-0.05, 0) is 29.8 Å². The van der Waals surface area contributed by atoms with E-state index in [2.05, 4.69) is 15.0 Å². The molecule has 1 N–H and O–H groups in total. The van der Waals surface area contributed by atoms with Gasteiger partial charge in [0.15, 0.2) is 0 Å². The highest BCUT2D eigenvalue weighted by Gasteiger charge is 2.02. The molecule has 0 amide bonds. The minimum absolute atomic E-state index is 0.187. The first-order chi connectivity index (χ1) is 11.1. The van der Waals surface area contributed by atoms with Gasteiger partial charge >= 0.3 is 0 Å². The molecule has 0 aliphatic heterocycles. The summed E-state index contributed by atoms with van der Waals surface area (Å²) < 4.78 is 9.92. The van der Waals surface area contributed by atoms with Crippen LogP contribution >= 0.6 is 0 Å². The van der Waals surface area contributed by atoms with E-state index >= 15 is 0 Å². The molecule has 0 unspecified atom stereocenters. The normalized spacial score (nSPS) is 10.9. The van der Waals surface area contributed by atoms with E-state index in [0.29, 0.717) is 12.4 Å². The second-order valence-electron chi connectivity index (χ2n) is 4.86. The summed E-state index contributed by atoms with van der Waals surface area (Å²) in [5.41, 5.74) is 0.600. The molecule has 0 spiro atoms. The van der Waals surface area contributed by atoms with Gasteiger partial charge in [0, 0.05) is 26.9 Å². The molecule has 7 heteroatoms. The van der Waals surface area contributed by atoms with E-state index in [1.807, 2.05) is 30.2 Å². The number of aromatic amines is 1. The summed E-state index contributed by atoms with van der Waals surface area (Å²) >= 11 is 0. The number of pyridine rings is 1. The van der Waals surface area contributed by atoms with E-state index in [-0.39, 0.29) is 11.3 Å². The molecule has 0 fully saturated rings. The van der Waals surface area contributed by atoms with Gasteiger partial charge in [-0.15, -0.1) is 0 Å². The topological polar surface area (TPSA) is 80.3 Å². The van der Waals surface area contributed by atoms with Crippen LogP contribution in [0.25, 0.3) is 12.2 Å². The Labute approximate surface area is 134 Å². The van der Waals surface area contributed by atoms with Crippen molar-refractivity contribution in [3.8, 4) is 5.75 Å². The summed E-state index contributed by atoms with van der Waals surface area (Å²) in [7, 11) is 5.06. The molecule has 0 saturated carbocycles. The number of aromatic nitrogens is 3. The number of likely N-dealkylation sites (N-methyl/N-ethyl adjacent to an activating group) is 1. The number of nitrogens with zero attached hydrogens (tertiary/aromatic N) is 3. The third kappa shape index (κ3) is 4.65. The fourth-order valence-electron chi connectivity index (χ4n) is 1.87. The fraction of sp³-hybridized carbons (Fsp3) is 0.312. The Kier molecular flexibility index (Phi) is 5.87. The maximum Gasteiger partial charge on any atom is 0.293 e. The summed E-state index contributed by atoms with van der Waals surface area (Å²) in [6, 6.07) is 3.88. The van der Waals surface area contributed by atoms with Gasteiger partial charge in [0.25, 0.3) is 5.56 Å². The van der Waals surface area contributed by atoms with Gasteiger partial charge in [0.05, 0.1) is 19.9 Å². The highest BCUT2D eigenvalue weighted by atomic mass is 16.5. The van der Waals surface area contributed by atoms with Gasteiger partial charge in [-0.3, -0.25) is 4.79 Å². The van der Waals surface area contributed by atoms with Crippen molar-refractivity contribution in [2.45, 2.75) is 0 Å². The number of nitrogens with one attached hydrogen (secondary N) is 1. The zero-order valence-corrected chi connectivity index (χ0v) is 13.4. The van der Waals surface area contributed by atoms with E-state index in [4.69, 9.17) is 9.47 Å². The summed E-state index contributed by atoms with van der Waals surface area (Å²) in [6.07, 6.45) is 6.70. The van der Waals surface area contributed by atoms with E-state index in [1.54, 1.807) is 19.4 Å². The van der Waals surface area contributed by atoms with E-state index in [9.17, 15) is 4.79 Å². The number of anilines is 1. The van der Waals surface area contributed by atoms with Crippen LogP contribution in [0.2, 0.25) is 0 Å². The smallest absolute Gasteiger partial charge is 0.293 e. The van der Waals surface area contributed by atoms with Crippen molar-refractivity contribution < 1.29 is 9.47 Å². The Bertz CT molecular complexity index is 710. The van der Waals surface area contributed by atoms with Crippen molar-refractivity contribution in [3.05, 3.63) is 46.3 Å². The molecule has 2 aromatic rings. The van der Waals surface area contributed by atoms with Crippen molar-refractivity contribution >= 4 is 18.0 Å². The maximum atomic E-state index is 11.6. The van der Waals surface area contributed by atoms with E-state index in [0.717, 1.165) is 17.9 Å². The molecule has 7 nitrogen and oxygen atoms in total. The molecule has 0 aliphatic rings. The lowest BCUT2D eigenvalue weighted by molar-refractivity contribution is 0.206. The predicted molar refractivity (Wildman–Crippen MR) is 89.7 cm³/mol. The minimum Gasteiger partial charge on any atom is -0.490 e. The van der Waals surface area contributed by atoms with Crippen LogP contribution in [-0.2, 0) is 4.74 Å². The molecule has 0 saturated heterocycles. The Morgan fingerprint density at radius 1 is 1.22 bits per heavy atom. The second-order valence-corrected chi connectivity index (χ2v) is 4.86. The van der Waals surface area contributed by atoms with Crippen molar-refractivity contribution in [2.24, 2.45) is 0 Å². The van der Waals surface area contributed by atoms with Crippen LogP contribution in [0.5, 0.6) is 5.75 Å². The first-order valence-electron chi connectivity index (χ1n) is 7.11. The SMILES string of the molecule is COCCN(C)c1ccc(/C=C/c2ncc(OC)c(=O)[nH]2)cn1. The zero-order chi connectivity index (χ0) is 16.7. The van der Waals surface area contributed by atoms with Gasteiger partial charge in [-0.2, -0.15) is 0 Å². The first kappa shape index (κ1) is 16.7. The van der Waals surface area contributed by atoms with Crippen LogP contribution in [0.15, 0.2) is 29.3 Å². The van der Waals surface area contributed by atoms with E-state index in [1.165, 1.54) is 13.3 Å². The first-order valence-corrected chi connectivity index (χ1v) is 7.11. The second kappa shape index (κ2) is 8.09. The number of hydrogen-bond donors (Lipinski definition) is 1. The van der Waals surface area contributed by atoms with Gasteiger partial charge in [-0.25, -0.2) is 9.97 Å². The standard InChI is InChI=1S/C16H20N4O3/c1-20(8-9-22-2)15-7-5-12(10-18-15)4-6-14-17-11-13(23-3)16(21)19-14/h4-7,10-11H,8-9H2,1-3H3,(H,17,19,21)/b6-4+. The lowest BCUT2D eigenvalue weighted by Crippen LogP contribution is -2.22. The third-order valence-electron chi connectivity index (χ3n) is 3.23. The molecular weight excluding hydrogens is 296 g/mol. The molecule has 2 aromatic heterocycles. The summed E-state index contributed by atoms with van der Waals surface area (Å²) in [4.78, 5) is 24.7. The fourth-order valence-corrected chi connectivity index (χ4v) is 1.87. The highest BCUT2D eigenvalue weighted by molar-refractivity contribution is 5.66. The number of ether oxygens (including phenoxy) is 2. The predicted octanol–water partition coefficient (Wildman–Crippen LogP) is 1.43. The molecule has 2 rings (SSSR count). The largest absolute Gasteiger partial charge is 0.490 e. The molecule has 2 heterocycles. The molecular formula is C16H20N4O3. The van der Waals surface area contributed by atoms with Crippen LogP contribution in [-0.4, -0.2) is 49.4 Å². The molecule has 122 valence electrons. The molecule has 0 aliphatic carbocycles. The Hall–Kier alpha value is -2.67. The van der Waals surface area contributed by atoms with E-state index < -0.39 is 0 Å². The van der Waals surface area contributed by atoms with Crippen LogP contribution in [0.4, 0.5) is 5.82 Å². The Morgan fingerprint density at radius 3 is 2.65 bits per heavy atom. The third-order valence-corrected chi connectivity index (χ3v) is 3.23. The number of hydrogen-bond acceptors (Lipinski definition) is 6. The van der Waals surface area contributed by atoms with Crippen molar-refractivity contribution in [1.29, 1.82) is 0 Å². The summed E-state index contributed by atoms with van der Waals surface area (Å²) in [5.74, 6) is 1.51. The molecule has 0 radical (unpaired) electrons. The van der Waals surface area contributed by atoms with Gasteiger partial charge < -0.3 is 19.4 Å². The molecule has 23 heavy (non-hydrogen) atoms. The number of H-pyrrole nitrogens is 1. The van der Waals surface area contributed by atoms with Gasteiger partial charge in [0.2, 0.25) is 5.75 Å². The van der Waals surface area contributed by atoms with Crippen molar-refractivity contribution in [2.75, 3.05) is 39.3 Å². The molecule has 0 aromatic carbocycles. The van der Waals surface area contributed by atoms with Crippen molar-refractivity contribution in [3.63, 3.8) is 0 Å². The monoisotopic (exact) mass is 316 g/mol. The number of rotatable bonds is 7. The lowest BCUT2D eigenvalue weighted by Gasteiger charge is -2.17. The summed E-state index contributed by atoms with van der Waals surface area (Å²) in [6.45, 7) is 1.42. The van der Waals surface area contributed by atoms with Crippen LogP contribution in [0.3, 0.4) is 0 Å². The number of methoxy groups -OCH3 is 2. The van der Waals surface area contributed by atoms with Gasteiger partial charge in [-0.1, -0.05) is 0 Å². The quantitative estimate of drug-likeness (QED) is 0.832. The minimum atomic E-state index is -0.310. The van der Waals surface area contributed by atoms with Crippen molar-refractivity contribution in [1.82, 2.24) is 15.0 Å². The average molecular weight is 316 g/mol. The van der Waals surface area contributed by atoms with Gasteiger partial charge in [0.1, 0.15) is 11.6 Å².